The van der Waals surface area contributed by atoms with Gasteiger partial charge in [0, 0.05) is 64.4 Å². The van der Waals surface area contributed by atoms with Gasteiger partial charge in [0.05, 0.1) is 0 Å². The molecule has 2 heterocycles. The van der Waals surface area contributed by atoms with Crippen molar-refractivity contribution in [2.45, 2.75) is 19.3 Å². The molecular formula is C61H41NOS. The first-order valence-corrected chi connectivity index (χ1v) is 22.9. The van der Waals surface area contributed by atoms with Crippen molar-refractivity contribution >= 4 is 81.3 Å². The Morgan fingerprint density at radius 3 is 1.69 bits per heavy atom. The largest absolute Gasteiger partial charge is 0.455 e. The van der Waals surface area contributed by atoms with Crippen LogP contribution in [0.4, 0.5) is 17.1 Å². The fourth-order valence-electron chi connectivity index (χ4n) is 10.5. The van der Waals surface area contributed by atoms with E-state index in [0.717, 1.165) is 55.5 Å². The Labute approximate surface area is 375 Å². The van der Waals surface area contributed by atoms with E-state index in [0.29, 0.717) is 0 Å². The SMILES string of the molecule is CC1(C)c2ccccc2-c2c(-c3ccc(N(c4ccc(-c5ccc6c(c5)sc5ccccc56)cc4)c4ccc(-c5cccc6c5oc5c7ccccc7ccc65)cc4)cc3)cccc21. The van der Waals surface area contributed by atoms with Crippen LogP contribution in [-0.2, 0) is 5.41 Å². The molecule has 12 aromatic rings. The Morgan fingerprint density at radius 1 is 0.375 bits per heavy atom. The average Bonchev–Trinajstić information content (AvgIpc) is 4.00. The number of fused-ring (bicyclic) bond motifs is 11. The predicted molar refractivity (Wildman–Crippen MR) is 273 cm³/mol. The van der Waals surface area contributed by atoms with E-state index in [1.807, 2.05) is 11.3 Å². The average molecular weight is 836 g/mol. The van der Waals surface area contributed by atoms with Crippen molar-refractivity contribution in [2.24, 2.45) is 0 Å². The van der Waals surface area contributed by atoms with Gasteiger partial charge >= 0.3 is 0 Å². The zero-order valence-corrected chi connectivity index (χ0v) is 36.3. The highest BCUT2D eigenvalue weighted by Crippen LogP contribution is 2.52. The number of thiophene rings is 1. The van der Waals surface area contributed by atoms with Gasteiger partial charge in [-0.05, 0) is 110 Å². The number of furan rings is 1. The number of hydrogen-bond acceptors (Lipinski definition) is 3. The van der Waals surface area contributed by atoms with Crippen molar-refractivity contribution < 1.29 is 4.42 Å². The summed E-state index contributed by atoms with van der Waals surface area (Å²) in [5.41, 5.74) is 17.6. The first-order valence-electron chi connectivity index (χ1n) is 22.1. The summed E-state index contributed by atoms with van der Waals surface area (Å²) in [5.74, 6) is 0. The Bertz CT molecular complexity index is 3800. The van der Waals surface area contributed by atoms with Crippen molar-refractivity contribution in [3.63, 3.8) is 0 Å². The van der Waals surface area contributed by atoms with Gasteiger partial charge in [-0.15, -0.1) is 11.3 Å². The summed E-state index contributed by atoms with van der Waals surface area (Å²) < 4.78 is 9.39. The second-order valence-electron chi connectivity index (χ2n) is 17.6. The van der Waals surface area contributed by atoms with Gasteiger partial charge in [0.15, 0.2) is 0 Å². The zero-order chi connectivity index (χ0) is 42.5. The van der Waals surface area contributed by atoms with Crippen LogP contribution in [-0.4, -0.2) is 0 Å². The normalized spacial score (nSPS) is 13.0. The van der Waals surface area contributed by atoms with Crippen LogP contribution in [0.3, 0.4) is 0 Å². The van der Waals surface area contributed by atoms with E-state index in [-0.39, 0.29) is 5.41 Å². The fourth-order valence-corrected chi connectivity index (χ4v) is 11.6. The maximum absolute atomic E-state index is 6.75. The number of hydrogen-bond donors (Lipinski definition) is 0. The lowest BCUT2D eigenvalue weighted by molar-refractivity contribution is 0.660. The summed E-state index contributed by atoms with van der Waals surface area (Å²) in [7, 11) is 0. The Kier molecular flexibility index (Phi) is 8.16. The van der Waals surface area contributed by atoms with Crippen LogP contribution in [0.1, 0.15) is 25.0 Å². The lowest BCUT2D eigenvalue weighted by Gasteiger charge is -2.26. The molecule has 0 spiro atoms. The highest BCUT2D eigenvalue weighted by molar-refractivity contribution is 7.25. The lowest BCUT2D eigenvalue weighted by atomic mass is 9.82. The van der Waals surface area contributed by atoms with Gasteiger partial charge in [0.2, 0.25) is 0 Å². The summed E-state index contributed by atoms with van der Waals surface area (Å²) in [5, 5.41) is 7.23. The molecule has 64 heavy (non-hydrogen) atoms. The van der Waals surface area contributed by atoms with Crippen LogP contribution in [0.25, 0.3) is 97.4 Å². The minimum atomic E-state index is -0.0506. The van der Waals surface area contributed by atoms with E-state index >= 15 is 0 Å². The molecule has 0 bridgehead atoms. The molecule has 1 aliphatic carbocycles. The van der Waals surface area contributed by atoms with Crippen molar-refractivity contribution in [3.8, 4) is 44.5 Å². The van der Waals surface area contributed by atoms with Gasteiger partial charge in [-0.3, -0.25) is 0 Å². The van der Waals surface area contributed by atoms with Crippen LogP contribution >= 0.6 is 11.3 Å². The summed E-state index contributed by atoms with van der Waals surface area (Å²) in [4.78, 5) is 2.37. The molecule has 3 heteroatoms. The molecule has 0 N–H and O–H groups in total. The number of para-hydroxylation sites is 1. The number of anilines is 3. The Morgan fingerprint density at radius 2 is 0.906 bits per heavy atom. The van der Waals surface area contributed by atoms with Crippen LogP contribution in [0.5, 0.6) is 0 Å². The minimum absolute atomic E-state index is 0.0506. The van der Waals surface area contributed by atoms with Crippen LogP contribution in [0.15, 0.2) is 217 Å². The summed E-state index contributed by atoms with van der Waals surface area (Å²) in [6, 6.07) is 77.8. The number of nitrogens with zero attached hydrogens (tertiary/aromatic N) is 1. The van der Waals surface area contributed by atoms with E-state index in [1.54, 1.807) is 0 Å². The standard InChI is InChI=1S/C61H41NOS/c1-61(2)54-18-7-5-14-53(54)58-46(15-10-19-55(58)61)40-23-31-44(32-24-40)62(43-29-21-38(22-30-43)42-28-35-50-49-13-6-8-20-56(49)64-57(50)37-42)45-33-25-41(26-34-45)48-16-9-17-51-52-36-27-39-11-3-4-12-47(39)60(52)63-59(48)51/h3-37H,1-2H3. The second kappa shape index (κ2) is 14.2. The van der Waals surface area contributed by atoms with Crippen molar-refractivity contribution in [3.05, 3.63) is 223 Å². The number of rotatable bonds is 6. The van der Waals surface area contributed by atoms with E-state index in [4.69, 9.17) is 4.42 Å². The molecule has 0 fully saturated rings. The molecule has 10 aromatic carbocycles. The smallest absolute Gasteiger partial charge is 0.143 e. The Balaban J connectivity index is 0.903. The van der Waals surface area contributed by atoms with E-state index in [2.05, 4.69) is 231 Å². The van der Waals surface area contributed by atoms with Crippen molar-refractivity contribution in [1.82, 2.24) is 0 Å². The zero-order valence-electron chi connectivity index (χ0n) is 35.5. The maximum Gasteiger partial charge on any atom is 0.143 e. The van der Waals surface area contributed by atoms with E-state index < -0.39 is 0 Å². The summed E-state index contributed by atoms with van der Waals surface area (Å²) >= 11 is 1.86. The van der Waals surface area contributed by atoms with Crippen molar-refractivity contribution in [2.75, 3.05) is 4.90 Å². The molecule has 0 amide bonds. The van der Waals surface area contributed by atoms with Gasteiger partial charge in [0.25, 0.3) is 0 Å². The van der Waals surface area contributed by atoms with Gasteiger partial charge < -0.3 is 9.32 Å². The topological polar surface area (TPSA) is 16.4 Å². The van der Waals surface area contributed by atoms with Crippen molar-refractivity contribution in [1.29, 1.82) is 0 Å². The van der Waals surface area contributed by atoms with E-state index in [1.165, 1.54) is 70.1 Å². The third kappa shape index (κ3) is 5.64. The second-order valence-corrected chi connectivity index (χ2v) is 18.7. The molecule has 2 nitrogen and oxygen atoms in total. The molecule has 0 atom stereocenters. The third-order valence-electron chi connectivity index (χ3n) is 13.7. The quantitative estimate of drug-likeness (QED) is 0.166. The molecule has 302 valence electrons. The Hall–Kier alpha value is -7.72. The van der Waals surface area contributed by atoms with Crippen LogP contribution in [0.2, 0.25) is 0 Å². The molecule has 0 radical (unpaired) electrons. The highest BCUT2D eigenvalue weighted by Gasteiger charge is 2.36. The molecule has 0 saturated heterocycles. The van der Waals surface area contributed by atoms with Crippen LogP contribution in [0, 0.1) is 0 Å². The molecule has 2 aromatic heterocycles. The first-order chi connectivity index (χ1) is 31.5. The summed E-state index contributed by atoms with van der Waals surface area (Å²) in [6.07, 6.45) is 0. The fraction of sp³-hybridized carbons (Fsp3) is 0.0492. The van der Waals surface area contributed by atoms with Gasteiger partial charge in [0.1, 0.15) is 11.2 Å². The molecule has 0 aliphatic heterocycles. The van der Waals surface area contributed by atoms with Crippen LogP contribution < -0.4 is 4.90 Å². The highest BCUT2D eigenvalue weighted by atomic mass is 32.1. The lowest BCUT2D eigenvalue weighted by Crippen LogP contribution is -2.14. The summed E-state index contributed by atoms with van der Waals surface area (Å²) in [6.45, 7) is 4.69. The van der Waals surface area contributed by atoms with E-state index in [9.17, 15) is 0 Å². The minimum Gasteiger partial charge on any atom is -0.455 e. The number of benzene rings is 10. The molecule has 0 saturated carbocycles. The molecule has 1 aliphatic rings. The van der Waals surface area contributed by atoms with Gasteiger partial charge in [-0.2, -0.15) is 0 Å². The first kappa shape index (κ1) is 36.9. The molecular weight excluding hydrogens is 795 g/mol. The molecule has 13 rings (SSSR count). The van der Waals surface area contributed by atoms with Gasteiger partial charge in [-0.25, -0.2) is 0 Å². The maximum atomic E-state index is 6.75. The predicted octanol–water partition coefficient (Wildman–Crippen LogP) is 17.9. The van der Waals surface area contributed by atoms with Gasteiger partial charge in [-0.1, -0.05) is 172 Å². The molecule has 0 unspecified atom stereocenters. The monoisotopic (exact) mass is 835 g/mol. The third-order valence-corrected chi connectivity index (χ3v) is 14.8.